The van der Waals surface area contributed by atoms with Crippen molar-refractivity contribution in [2.24, 2.45) is 0 Å². The highest BCUT2D eigenvalue weighted by Gasteiger charge is 2.19. The monoisotopic (exact) mass is 403 g/mol. The number of ether oxygens (including phenoxy) is 1. The highest BCUT2D eigenvalue weighted by atomic mass is 32.2. The van der Waals surface area contributed by atoms with Crippen LogP contribution in [0.3, 0.4) is 0 Å². The molecule has 0 aromatic heterocycles. The lowest BCUT2D eigenvalue weighted by atomic mass is 10.2. The predicted octanol–water partition coefficient (Wildman–Crippen LogP) is 2.38. The van der Waals surface area contributed by atoms with Gasteiger partial charge in [-0.1, -0.05) is 12.1 Å². The van der Waals surface area contributed by atoms with Crippen molar-refractivity contribution in [1.82, 2.24) is 5.32 Å². The molecule has 1 aliphatic rings. The van der Waals surface area contributed by atoms with Crippen molar-refractivity contribution < 1.29 is 28.3 Å². The van der Waals surface area contributed by atoms with Crippen molar-refractivity contribution in [2.75, 3.05) is 23.0 Å². The van der Waals surface area contributed by atoms with Crippen LogP contribution in [0.1, 0.15) is 10.4 Å². The first-order chi connectivity index (χ1) is 13.4. The van der Waals surface area contributed by atoms with Crippen LogP contribution in [0.4, 0.5) is 20.6 Å². The van der Waals surface area contributed by atoms with E-state index in [1.54, 1.807) is 6.07 Å². The number of amides is 4. The van der Waals surface area contributed by atoms with Crippen molar-refractivity contribution in [3.8, 4) is 0 Å². The fraction of sp³-hybridized carbons (Fsp3) is 0.111. The number of para-hydroxylation sites is 1. The van der Waals surface area contributed by atoms with Crippen LogP contribution < -0.4 is 16.0 Å². The fourth-order valence-corrected chi connectivity index (χ4v) is 3.09. The highest BCUT2D eigenvalue weighted by Crippen LogP contribution is 2.32. The number of anilines is 2. The number of carbonyl (C=O) groups is 4. The van der Waals surface area contributed by atoms with Crippen molar-refractivity contribution in [3.63, 3.8) is 0 Å². The van der Waals surface area contributed by atoms with E-state index < -0.39 is 30.3 Å². The number of hydrogen-bond donors (Lipinski definition) is 3. The van der Waals surface area contributed by atoms with Crippen LogP contribution in [0.15, 0.2) is 47.4 Å². The average Bonchev–Trinajstić information content (AvgIpc) is 2.67. The maximum atomic E-state index is 13.4. The highest BCUT2D eigenvalue weighted by molar-refractivity contribution is 8.00. The van der Waals surface area contributed by atoms with E-state index in [2.05, 4.69) is 10.6 Å². The van der Waals surface area contributed by atoms with E-state index >= 15 is 0 Å². The molecule has 0 unspecified atom stereocenters. The third kappa shape index (κ3) is 4.86. The molecule has 4 amide bonds. The third-order valence-electron chi connectivity index (χ3n) is 3.56. The number of thioether (sulfide) groups is 1. The summed E-state index contributed by atoms with van der Waals surface area (Å²) in [5, 5.41) is 6.74. The van der Waals surface area contributed by atoms with Gasteiger partial charge in [0.25, 0.3) is 5.91 Å². The average molecular weight is 403 g/mol. The molecule has 2 aromatic rings. The van der Waals surface area contributed by atoms with Crippen LogP contribution in [0.2, 0.25) is 0 Å². The smallest absolute Gasteiger partial charge is 0.338 e. The van der Waals surface area contributed by atoms with Crippen molar-refractivity contribution in [2.45, 2.75) is 4.90 Å². The normalized spacial score (nSPS) is 12.4. The summed E-state index contributed by atoms with van der Waals surface area (Å²) in [6, 6.07) is 9.11. The molecule has 10 heteroatoms. The summed E-state index contributed by atoms with van der Waals surface area (Å²) in [5.74, 6) is -2.22. The van der Waals surface area contributed by atoms with Gasteiger partial charge in [-0.05, 0) is 30.3 Å². The van der Waals surface area contributed by atoms with Crippen molar-refractivity contribution in [1.29, 1.82) is 0 Å². The molecule has 0 radical (unpaired) electrons. The standard InChI is InChI=1S/C18H14FN3O5S/c19-11-3-1-2-4-12(11)21-18(26)22-15(23)8-27-17(25)10-5-6-14-13(7-10)20-16(24)9-28-14/h1-7H,8-9H2,(H,20,24)(H2,21,22,23,26). The van der Waals surface area contributed by atoms with Gasteiger partial charge in [-0.15, -0.1) is 11.8 Å². The topological polar surface area (TPSA) is 114 Å². The molecule has 0 bridgehead atoms. The molecule has 144 valence electrons. The number of fused-ring (bicyclic) bond motifs is 1. The van der Waals surface area contributed by atoms with Gasteiger partial charge in [0, 0.05) is 4.90 Å². The molecular formula is C18H14FN3O5S. The molecule has 1 heterocycles. The number of urea groups is 1. The lowest BCUT2D eigenvalue weighted by molar-refractivity contribution is -0.123. The van der Waals surface area contributed by atoms with Crippen LogP contribution >= 0.6 is 11.8 Å². The van der Waals surface area contributed by atoms with Gasteiger partial charge in [0.1, 0.15) is 5.82 Å². The molecule has 0 aliphatic carbocycles. The molecule has 0 atom stereocenters. The molecule has 8 nitrogen and oxygen atoms in total. The van der Waals surface area contributed by atoms with Crippen LogP contribution in [-0.2, 0) is 14.3 Å². The second-order valence-electron chi connectivity index (χ2n) is 5.61. The molecule has 28 heavy (non-hydrogen) atoms. The summed E-state index contributed by atoms with van der Waals surface area (Å²) in [4.78, 5) is 47.7. The summed E-state index contributed by atoms with van der Waals surface area (Å²) >= 11 is 1.34. The van der Waals surface area contributed by atoms with E-state index in [9.17, 15) is 23.6 Å². The number of hydrogen-bond acceptors (Lipinski definition) is 6. The van der Waals surface area contributed by atoms with E-state index in [1.807, 2.05) is 5.32 Å². The summed E-state index contributed by atoms with van der Waals surface area (Å²) < 4.78 is 18.3. The largest absolute Gasteiger partial charge is 0.452 e. The van der Waals surface area contributed by atoms with Gasteiger partial charge in [-0.25, -0.2) is 14.0 Å². The van der Waals surface area contributed by atoms with E-state index in [1.165, 1.54) is 42.1 Å². The Hall–Kier alpha value is -3.40. The second-order valence-corrected chi connectivity index (χ2v) is 6.62. The minimum Gasteiger partial charge on any atom is -0.452 e. The molecular weight excluding hydrogens is 389 g/mol. The minimum absolute atomic E-state index is 0.0984. The van der Waals surface area contributed by atoms with E-state index in [4.69, 9.17) is 4.74 Å². The second kappa shape index (κ2) is 8.53. The van der Waals surface area contributed by atoms with E-state index in [0.29, 0.717) is 11.4 Å². The molecule has 1 aliphatic heterocycles. The Balaban J connectivity index is 1.51. The Kier molecular flexibility index (Phi) is 5.90. The Morgan fingerprint density at radius 2 is 1.96 bits per heavy atom. The maximum absolute atomic E-state index is 13.4. The minimum atomic E-state index is -0.959. The number of halogens is 1. The van der Waals surface area contributed by atoms with Gasteiger partial charge in [0.2, 0.25) is 5.91 Å². The van der Waals surface area contributed by atoms with E-state index in [-0.39, 0.29) is 17.2 Å². The lowest BCUT2D eigenvalue weighted by Crippen LogP contribution is -2.37. The molecule has 3 N–H and O–H groups in total. The third-order valence-corrected chi connectivity index (χ3v) is 4.63. The van der Waals surface area contributed by atoms with Gasteiger partial charge in [0.05, 0.1) is 22.7 Å². The van der Waals surface area contributed by atoms with Gasteiger partial charge < -0.3 is 15.4 Å². The number of rotatable bonds is 4. The zero-order valence-corrected chi connectivity index (χ0v) is 15.1. The number of esters is 1. The van der Waals surface area contributed by atoms with Crippen LogP contribution in [0, 0.1) is 5.82 Å². The number of carbonyl (C=O) groups excluding carboxylic acids is 4. The maximum Gasteiger partial charge on any atom is 0.338 e. The van der Waals surface area contributed by atoms with Gasteiger partial charge in [0.15, 0.2) is 6.61 Å². The Bertz CT molecular complexity index is 966. The quantitative estimate of drug-likeness (QED) is 0.676. The predicted molar refractivity (Wildman–Crippen MR) is 99.6 cm³/mol. The zero-order valence-electron chi connectivity index (χ0n) is 14.3. The van der Waals surface area contributed by atoms with Gasteiger partial charge in [-0.3, -0.25) is 14.9 Å². The van der Waals surface area contributed by atoms with Crippen molar-refractivity contribution >= 4 is 47.0 Å². The summed E-state index contributed by atoms with van der Waals surface area (Å²) in [6.07, 6.45) is 0. The first-order valence-electron chi connectivity index (χ1n) is 8.01. The Morgan fingerprint density at radius 3 is 2.75 bits per heavy atom. The van der Waals surface area contributed by atoms with Crippen LogP contribution in [0.25, 0.3) is 0 Å². The summed E-state index contributed by atoms with van der Waals surface area (Å²) in [7, 11) is 0. The lowest BCUT2D eigenvalue weighted by Gasteiger charge is -2.16. The van der Waals surface area contributed by atoms with Crippen LogP contribution in [0.5, 0.6) is 0 Å². The van der Waals surface area contributed by atoms with Gasteiger partial charge >= 0.3 is 12.0 Å². The van der Waals surface area contributed by atoms with E-state index in [0.717, 1.165) is 11.0 Å². The molecule has 2 aromatic carbocycles. The molecule has 3 rings (SSSR count). The zero-order chi connectivity index (χ0) is 20.1. The van der Waals surface area contributed by atoms with Crippen LogP contribution in [-0.4, -0.2) is 36.2 Å². The number of benzene rings is 2. The number of imide groups is 1. The molecule has 0 fully saturated rings. The fourth-order valence-electron chi connectivity index (χ4n) is 2.30. The Morgan fingerprint density at radius 1 is 1.18 bits per heavy atom. The van der Waals surface area contributed by atoms with Crippen molar-refractivity contribution in [3.05, 3.63) is 53.8 Å². The SMILES string of the molecule is O=C(COC(=O)c1ccc2c(c1)NC(=O)CS2)NC(=O)Nc1ccccc1F. The first-order valence-corrected chi connectivity index (χ1v) is 9.00. The summed E-state index contributed by atoms with van der Waals surface area (Å²) in [6.45, 7) is -0.707. The summed E-state index contributed by atoms with van der Waals surface area (Å²) in [5.41, 5.74) is 0.536. The first kappa shape index (κ1) is 19.4. The molecule has 0 saturated heterocycles. The Labute approximate surface area is 162 Å². The molecule has 0 spiro atoms. The number of nitrogens with one attached hydrogen (secondary N) is 3. The van der Waals surface area contributed by atoms with Gasteiger partial charge in [-0.2, -0.15) is 0 Å². The molecule has 0 saturated carbocycles.